The van der Waals surface area contributed by atoms with Crippen molar-refractivity contribution in [2.75, 3.05) is 11.9 Å². The Morgan fingerprint density at radius 1 is 1.14 bits per heavy atom. The first-order valence-corrected chi connectivity index (χ1v) is 10.4. The zero-order valence-corrected chi connectivity index (χ0v) is 17.9. The van der Waals surface area contributed by atoms with Crippen molar-refractivity contribution in [2.45, 2.75) is 52.4 Å². The molecule has 4 nitrogen and oxygen atoms in total. The lowest BCUT2D eigenvalue weighted by molar-refractivity contribution is -0.116. The van der Waals surface area contributed by atoms with Crippen molar-refractivity contribution in [3.63, 3.8) is 0 Å². The lowest BCUT2D eigenvalue weighted by Gasteiger charge is -2.12. The predicted octanol–water partition coefficient (Wildman–Crippen LogP) is 6.54. The Morgan fingerprint density at radius 3 is 2.54 bits per heavy atom. The highest BCUT2D eigenvalue weighted by Gasteiger charge is 2.14. The Balaban J connectivity index is 1.78. The molecule has 0 saturated carbocycles. The normalized spacial score (nSPS) is 10.7. The van der Waals surface area contributed by atoms with Crippen LogP contribution in [0.3, 0.4) is 0 Å². The molecule has 0 aliphatic carbocycles. The van der Waals surface area contributed by atoms with Gasteiger partial charge in [0.2, 0.25) is 5.91 Å². The maximum Gasteiger partial charge on any atom is 0.227 e. The SMILES string of the molecule is CCCCCCc1ccc(OCCC(=O)Nc2cc(Cl)c(C)c(Cl)c2O)cc1. The van der Waals surface area contributed by atoms with Crippen LogP contribution in [-0.2, 0) is 11.2 Å². The summed E-state index contributed by atoms with van der Waals surface area (Å²) in [5.74, 6) is 0.251. The summed E-state index contributed by atoms with van der Waals surface area (Å²) >= 11 is 12.1. The maximum atomic E-state index is 12.1. The summed E-state index contributed by atoms with van der Waals surface area (Å²) in [6.07, 6.45) is 6.20. The standard InChI is InChI=1S/C22H27Cl2NO3/c1-3-4-5-6-7-16-8-10-17(11-9-16)28-13-12-20(26)25-19-14-18(23)15(2)21(24)22(19)27/h8-11,14,27H,3-7,12-13H2,1-2H3,(H,25,26). The summed E-state index contributed by atoms with van der Waals surface area (Å²) in [5.41, 5.74) is 2.05. The number of nitrogens with one attached hydrogen (secondary N) is 1. The number of phenolic OH excluding ortho intramolecular Hbond substituents is 1. The molecule has 0 aromatic heterocycles. The van der Waals surface area contributed by atoms with Crippen molar-refractivity contribution in [2.24, 2.45) is 0 Å². The molecule has 0 unspecified atom stereocenters. The second-order valence-electron chi connectivity index (χ2n) is 6.79. The molecule has 0 heterocycles. The lowest BCUT2D eigenvalue weighted by Crippen LogP contribution is -2.15. The number of benzene rings is 2. The Labute approximate surface area is 176 Å². The number of anilines is 1. The predicted molar refractivity (Wildman–Crippen MR) is 116 cm³/mol. The van der Waals surface area contributed by atoms with E-state index in [1.165, 1.54) is 37.3 Å². The lowest BCUT2D eigenvalue weighted by atomic mass is 10.1. The largest absolute Gasteiger partial charge is 0.504 e. The van der Waals surface area contributed by atoms with Gasteiger partial charge in [-0.2, -0.15) is 0 Å². The number of aryl methyl sites for hydroxylation is 1. The summed E-state index contributed by atoms with van der Waals surface area (Å²) < 4.78 is 5.63. The van der Waals surface area contributed by atoms with E-state index in [0.29, 0.717) is 10.6 Å². The fraction of sp³-hybridized carbons (Fsp3) is 0.409. The molecular formula is C22H27Cl2NO3. The van der Waals surface area contributed by atoms with Crippen LogP contribution < -0.4 is 10.1 Å². The number of hydrogen-bond acceptors (Lipinski definition) is 3. The van der Waals surface area contributed by atoms with Crippen molar-refractivity contribution < 1.29 is 14.6 Å². The summed E-state index contributed by atoms with van der Waals surface area (Å²) in [4.78, 5) is 12.1. The number of rotatable bonds is 10. The van der Waals surface area contributed by atoms with Crippen LogP contribution in [0.5, 0.6) is 11.5 Å². The molecule has 0 fully saturated rings. The van der Waals surface area contributed by atoms with Crippen LogP contribution in [0.15, 0.2) is 30.3 Å². The van der Waals surface area contributed by atoms with E-state index in [1.807, 2.05) is 12.1 Å². The van der Waals surface area contributed by atoms with Gasteiger partial charge in [-0.25, -0.2) is 0 Å². The van der Waals surface area contributed by atoms with E-state index < -0.39 is 0 Å². The number of amides is 1. The number of aromatic hydroxyl groups is 1. The van der Waals surface area contributed by atoms with Crippen LogP contribution in [0.2, 0.25) is 10.0 Å². The van der Waals surface area contributed by atoms with E-state index in [0.717, 1.165) is 12.2 Å². The second-order valence-corrected chi connectivity index (χ2v) is 7.58. The second kappa shape index (κ2) is 11.2. The Hall–Kier alpha value is -1.91. The van der Waals surface area contributed by atoms with Crippen LogP contribution in [-0.4, -0.2) is 17.6 Å². The van der Waals surface area contributed by atoms with E-state index in [-0.39, 0.29) is 35.4 Å². The van der Waals surface area contributed by atoms with Crippen molar-refractivity contribution in [3.8, 4) is 11.5 Å². The van der Waals surface area contributed by atoms with Gasteiger partial charge < -0.3 is 15.2 Å². The Kier molecular flexibility index (Phi) is 8.94. The zero-order valence-electron chi connectivity index (χ0n) is 16.4. The molecule has 0 spiro atoms. The first-order chi connectivity index (χ1) is 13.4. The van der Waals surface area contributed by atoms with E-state index in [4.69, 9.17) is 27.9 Å². The zero-order chi connectivity index (χ0) is 20.5. The first-order valence-electron chi connectivity index (χ1n) is 9.61. The molecule has 28 heavy (non-hydrogen) atoms. The molecule has 2 aromatic carbocycles. The summed E-state index contributed by atoms with van der Waals surface area (Å²) in [6.45, 7) is 4.14. The highest BCUT2D eigenvalue weighted by molar-refractivity contribution is 6.37. The molecular weight excluding hydrogens is 397 g/mol. The van der Waals surface area contributed by atoms with E-state index in [1.54, 1.807) is 6.92 Å². The van der Waals surface area contributed by atoms with Crippen LogP contribution in [0, 0.1) is 6.92 Å². The van der Waals surface area contributed by atoms with Crippen molar-refractivity contribution in [1.82, 2.24) is 0 Å². The molecule has 0 atom stereocenters. The van der Waals surface area contributed by atoms with Gasteiger partial charge in [0.15, 0.2) is 5.75 Å². The number of ether oxygens (including phenoxy) is 1. The van der Waals surface area contributed by atoms with Gasteiger partial charge in [0.25, 0.3) is 0 Å². The molecule has 0 aliphatic heterocycles. The van der Waals surface area contributed by atoms with Gasteiger partial charge in [-0.3, -0.25) is 4.79 Å². The van der Waals surface area contributed by atoms with E-state index >= 15 is 0 Å². The highest BCUT2D eigenvalue weighted by atomic mass is 35.5. The molecule has 152 valence electrons. The van der Waals surface area contributed by atoms with Crippen molar-refractivity contribution in [3.05, 3.63) is 51.5 Å². The van der Waals surface area contributed by atoms with Crippen LogP contribution in [0.4, 0.5) is 5.69 Å². The molecule has 0 aliphatic rings. The smallest absolute Gasteiger partial charge is 0.227 e. The fourth-order valence-corrected chi connectivity index (χ4v) is 3.24. The fourth-order valence-electron chi connectivity index (χ4n) is 2.78. The van der Waals surface area contributed by atoms with Crippen LogP contribution >= 0.6 is 23.2 Å². The third-order valence-electron chi connectivity index (χ3n) is 4.54. The van der Waals surface area contributed by atoms with Gasteiger partial charge in [0.1, 0.15) is 5.75 Å². The molecule has 1 amide bonds. The van der Waals surface area contributed by atoms with Crippen LogP contribution in [0.1, 0.15) is 50.2 Å². The molecule has 2 N–H and O–H groups in total. The number of hydrogen-bond donors (Lipinski definition) is 2. The van der Waals surface area contributed by atoms with Gasteiger partial charge >= 0.3 is 0 Å². The minimum atomic E-state index is -0.293. The third kappa shape index (κ3) is 6.61. The monoisotopic (exact) mass is 423 g/mol. The van der Waals surface area contributed by atoms with E-state index in [2.05, 4.69) is 24.4 Å². The number of carbonyl (C=O) groups is 1. The summed E-state index contributed by atoms with van der Waals surface area (Å²) in [6, 6.07) is 9.47. The van der Waals surface area contributed by atoms with Gasteiger partial charge in [0, 0.05) is 5.02 Å². The van der Waals surface area contributed by atoms with Gasteiger partial charge in [-0.15, -0.1) is 0 Å². The van der Waals surface area contributed by atoms with Gasteiger partial charge in [0.05, 0.1) is 23.7 Å². The topological polar surface area (TPSA) is 58.6 Å². The molecule has 0 bridgehead atoms. The number of carbonyl (C=O) groups excluding carboxylic acids is 1. The Bertz CT molecular complexity index is 791. The minimum Gasteiger partial charge on any atom is -0.504 e. The van der Waals surface area contributed by atoms with Crippen LogP contribution in [0.25, 0.3) is 0 Å². The summed E-state index contributed by atoms with van der Waals surface area (Å²) in [5, 5.41) is 13.2. The number of unbranched alkanes of at least 4 members (excludes halogenated alkanes) is 3. The molecule has 2 aromatic rings. The first kappa shape index (κ1) is 22.4. The van der Waals surface area contributed by atoms with Crippen molar-refractivity contribution in [1.29, 1.82) is 0 Å². The molecule has 2 rings (SSSR count). The third-order valence-corrected chi connectivity index (χ3v) is 5.39. The molecule has 6 heteroatoms. The average molecular weight is 424 g/mol. The quantitative estimate of drug-likeness (QED) is 0.336. The van der Waals surface area contributed by atoms with Crippen molar-refractivity contribution >= 4 is 34.8 Å². The highest BCUT2D eigenvalue weighted by Crippen LogP contribution is 2.38. The minimum absolute atomic E-state index is 0.133. The molecule has 0 radical (unpaired) electrons. The van der Waals surface area contributed by atoms with Gasteiger partial charge in [-0.1, -0.05) is 61.5 Å². The Morgan fingerprint density at radius 2 is 1.86 bits per heavy atom. The van der Waals surface area contributed by atoms with Gasteiger partial charge in [-0.05, 0) is 49.1 Å². The summed E-state index contributed by atoms with van der Waals surface area (Å²) in [7, 11) is 0. The number of phenols is 1. The van der Waals surface area contributed by atoms with E-state index in [9.17, 15) is 9.90 Å². The number of halogens is 2. The maximum absolute atomic E-state index is 12.1. The average Bonchev–Trinajstić information content (AvgIpc) is 2.69. The molecule has 0 saturated heterocycles.